The van der Waals surface area contributed by atoms with Gasteiger partial charge in [0.1, 0.15) is 0 Å². The van der Waals surface area contributed by atoms with Gasteiger partial charge in [-0.3, -0.25) is 0 Å². The molecule has 0 saturated carbocycles. The third-order valence-corrected chi connectivity index (χ3v) is 4.11. The lowest BCUT2D eigenvalue weighted by molar-refractivity contribution is -0.0366. The predicted molar refractivity (Wildman–Crippen MR) is 80.2 cm³/mol. The molecule has 7 heteroatoms. The van der Waals surface area contributed by atoms with Crippen LogP contribution in [0.3, 0.4) is 0 Å². The minimum atomic E-state index is 0.0800. The maximum absolute atomic E-state index is 5.83. The van der Waals surface area contributed by atoms with Crippen LogP contribution in [0.1, 0.15) is 36.9 Å². The van der Waals surface area contributed by atoms with Gasteiger partial charge in [-0.05, 0) is 43.4 Å². The van der Waals surface area contributed by atoms with E-state index in [-0.39, 0.29) is 6.23 Å². The Hall–Kier alpha value is -2.28. The number of nitrogens with zero attached hydrogens (tertiary/aromatic N) is 5. The van der Waals surface area contributed by atoms with E-state index in [2.05, 4.69) is 43.9 Å². The van der Waals surface area contributed by atoms with Gasteiger partial charge in [0, 0.05) is 18.4 Å². The van der Waals surface area contributed by atoms with E-state index in [4.69, 9.17) is 4.74 Å². The lowest BCUT2D eigenvalue weighted by atomic mass is 10.1. The zero-order chi connectivity index (χ0) is 14.8. The fraction of sp³-hybridized carbons (Fsp3) is 0.467. The molecule has 3 heterocycles. The van der Waals surface area contributed by atoms with Crippen LogP contribution in [0, 0.1) is 0 Å². The van der Waals surface area contributed by atoms with Crippen LogP contribution in [0.2, 0.25) is 0 Å². The van der Waals surface area contributed by atoms with Crippen LogP contribution in [0.15, 0.2) is 24.4 Å². The smallest absolute Gasteiger partial charge is 0.174 e. The SMILES string of the molecule is c1cc2c(cnn2C2CCCCO2)cc1CCc1nn[nH]n1. The molecule has 22 heavy (non-hydrogen) atoms. The quantitative estimate of drug-likeness (QED) is 0.797. The zero-order valence-corrected chi connectivity index (χ0v) is 12.3. The number of tetrazole rings is 1. The predicted octanol–water partition coefficient (Wildman–Crippen LogP) is 2.03. The van der Waals surface area contributed by atoms with E-state index >= 15 is 0 Å². The number of H-pyrrole nitrogens is 1. The number of aryl methyl sites for hydroxylation is 2. The third-order valence-electron chi connectivity index (χ3n) is 4.11. The van der Waals surface area contributed by atoms with Gasteiger partial charge in [-0.15, -0.1) is 10.2 Å². The Morgan fingerprint density at radius 1 is 1.27 bits per heavy atom. The molecule has 0 bridgehead atoms. The summed E-state index contributed by atoms with van der Waals surface area (Å²) in [4.78, 5) is 0. The number of benzene rings is 1. The summed E-state index contributed by atoms with van der Waals surface area (Å²) in [5, 5.41) is 19.7. The molecule has 0 radical (unpaired) electrons. The van der Waals surface area contributed by atoms with Crippen molar-refractivity contribution in [2.24, 2.45) is 0 Å². The van der Waals surface area contributed by atoms with Crippen LogP contribution >= 0.6 is 0 Å². The van der Waals surface area contributed by atoms with Crippen molar-refractivity contribution in [3.05, 3.63) is 35.8 Å². The van der Waals surface area contributed by atoms with Crippen molar-refractivity contribution in [3.63, 3.8) is 0 Å². The van der Waals surface area contributed by atoms with Crippen molar-refractivity contribution in [2.45, 2.75) is 38.3 Å². The molecule has 114 valence electrons. The van der Waals surface area contributed by atoms with Crippen molar-refractivity contribution < 1.29 is 4.74 Å². The average molecular weight is 298 g/mol. The molecule has 1 aliphatic heterocycles. The van der Waals surface area contributed by atoms with E-state index in [0.29, 0.717) is 0 Å². The summed E-state index contributed by atoms with van der Waals surface area (Å²) in [5.74, 6) is 0.742. The fourth-order valence-electron chi connectivity index (χ4n) is 2.95. The fourth-order valence-corrected chi connectivity index (χ4v) is 2.95. The van der Waals surface area contributed by atoms with Gasteiger partial charge in [-0.1, -0.05) is 11.3 Å². The molecule has 1 fully saturated rings. The molecular weight excluding hydrogens is 280 g/mol. The molecule has 1 aliphatic rings. The van der Waals surface area contributed by atoms with Crippen LogP contribution in [-0.2, 0) is 17.6 Å². The topological polar surface area (TPSA) is 81.5 Å². The number of fused-ring (bicyclic) bond motifs is 1. The van der Waals surface area contributed by atoms with Gasteiger partial charge in [-0.2, -0.15) is 10.3 Å². The number of rotatable bonds is 4. The van der Waals surface area contributed by atoms with Crippen molar-refractivity contribution in [3.8, 4) is 0 Å². The van der Waals surface area contributed by atoms with Crippen molar-refractivity contribution in [2.75, 3.05) is 6.61 Å². The lowest BCUT2D eigenvalue weighted by Crippen LogP contribution is -2.18. The number of aromatic amines is 1. The minimum absolute atomic E-state index is 0.0800. The molecule has 0 amide bonds. The minimum Gasteiger partial charge on any atom is -0.356 e. The summed E-state index contributed by atoms with van der Waals surface area (Å²) in [6, 6.07) is 6.46. The summed E-state index contributed by atoms with van der Waals surface area (Å²) in [5.41, 5.74) is 2.39. The van der Waals surface area contributed by atoms with Crippen LogP contribution in [-0.4, -0.2) is 37.0 Å². The second-order valence-corrected chi connectivity index (χ2v) is 5.63. The Morgan fingerprint density at radius 2 is 2.27 bits per heavy atom. The Labute approximate surface area is 127 Å². The highest BCUT2D eigenvalue weighted by molar-refractivity contribution is 5.79. The number of aromatic nitrogens is 6. The third kappa shape index (κ3) is 2.59. The van der Waals surface area contributed by atoms with E-state index in [1.165, 1.54) is 12.0 Å². The summed E-state index contributed by atoms with van der Waals surface area (Å²) in [7, 11) is 0. The normalized spacial score (nSPS) is 18.8. The lowest BCUT2D eigenvalue weighted by Gasteiger charge is -2.23. The van der Waals surface area contributed by atoms with Gasteiger partial charge in [0.05, 0.1) is 11.7 Å². The molecule has 1 saturated heterocycles. The molecule has 1 N–H and O–H groups in total. The van der Waals surface area contributed by atoms with E-state index in [9.17, 15) is 0 Å². The van der Waals surface area contributed by atoms with Gasteiger partial charge in [0.25, 0.3) is 0 Å². The van der Waals surface area contributed by atoms with Crippen LogP contribution in [0.25, 0.3) is 10.9 Å². The Kier molecular flexibility index (Phi) is 3.56. The Morgan fingerprint density at radius 3 is 3.09 bits per heavy atom. The molecule has 0 spiro atoms. The zero-order valence-electron chi connectivity index (χ0n) is 12.3. The second-order valence-electron chi connectivity index (χ2n) is 5.63. The summed E-state index contributed by atoms with van der Waals surface area (Å²) in [6.07, 6.45) is 7.06. The summed E-state index contributed by atoms with van der Waals surface area (Å²) in [6.45, 7) is 0.828. The van der Waals surface area contributed by atoms with Crippen molar-refractivity contribution >= 4 is 10.9 Å². The monoisotopic (exact) mass is 298 g/mol. The molecular formula is C15H18N6O. The molecule has 0 aliphatic carbocycles. The van der Waals surface area contributed by atoms with Crippen LogP contribution in [0.4, 0.5) is 0 Å². The maximum atomic E-state index is 5.83. The van der Waals surface area contributed by atoms with Gasteiger partial charge < -0.3 is 4.74 Å². The molecule has 2 aromatic heterocycles. The largest absolute Gasteiger partial charge is 0.356 e. The van der Waals surface area contributed by atoms with E-state index in [1.54, 1.807) is 0 Å². The highest BCUT2D eigenvalue weighted by atomic mass is 16.5. The van der Waals surface area contributed by atoms with Gasteiger partial charge >= 0.3 is 0 Å². The second kappa shape index (κ2) is 5.84. The highest BCUT2D eigenvalue weighted by Gasteiger charge is 2.18. The summed E-state index contributed by atoms with van der Waals surface area (Å²) < 4.78 is 7.84. The van der Waals surface area contributed by atoms with E-state index in [0.717, 1.165) is 49.0 Å². The van der Waals surface area contributed by atoms with Gasteiger partial charge in [-0.25, -0.2) is 4.68 Å². The first-order chi connectivity index (χ1) is 10.9. The van der Waals surface area contributed by atoms with Crippen molar-refractivity contribution in [1.29, 1.82) is 0 Å². The standard InChI is InChI=1S/C15H18N6O/c1-2-8-22-15(3-1)21-13-6-4-11(9-12(13)10-16-21)5-7-14-17-19-20-18-14/h4,6,9-10,15H,1-3,5,7-8H2,(H,17,18,19,20). The van der Waals surface area contributed by atoms with E-state index < -0.39 is 0 Å². The maximum Gasteiger partial charge on any atom is 0.174 e. The van der Waals surface area contributed by atoms with Gasteiger partial charge in [0.15, 0.2) is 12.1 Å². The van der Waals surface area contributed by atoms with Crippen molar-refractivity contribution in [1.82, 2.24) is 30.4 Å². The molecule has 4 rings (SSSR count). The number of hydrogen-bond acceptors (Lipinski definition) is 5. The van der Waals surface area contributed by atoms with Crippen LogP contribution < -0.4 is 0 Å². The molecule has 1 atom stereocenters. The Bertz CT molecular complexity index is 745. The first-order valence-electron chi connectivity index (χ1n) is 7.70. The Balaban J connectivity index is 1.54. The number of nitrogens with one attached hydrogen (secondary N) is 1. The molecule has 3 aromatic rings. The molecule has 7 nitrogen and oxygen atoms in total. The summed E-state index contributed by atoms with van der Waals surface area (Å²) >= 11 is 0. The average Bonchev–Trinajstić information content (AvgIpc) is 3.23. The molecule has 1 unspecified atom stereocenters. The number of ether oxygens (including phenoxy) is 1. The number of hydrogen-bond donors (Lipinski definition) is 1. The van der Waals surface area contributed by atoms with E-state index in [1.807, 2.05) is 10.9 Å². The first kappa shape index (κ1) is 13.4. The first-order valence-corrected chi connectivity index (χ1v) is 7.70. The van der Waals surface area contributed by atoms with Crippen LogP contribution in [0.5, 0.6) is 0 Å². The highest BCUT2D eigenvalue weighted by Crippen LogP contribution is 2.26. The van der Waals surface area contributed by atoms with Gasteiger partial charge in [0.2, 0.25) is 0 Å². The molecule has 1 aromatic carbocycles.